The number of nitrogens with zero attached hydrogens (tertiary/aromatic N) is 1. The molecule has 0 fully saturated rings. The first-order valence-corrected chi connectivity index (χ1v) is 5.45. The summed E-state index contributed by atoms with van der Waals surface area (Å²) in [4.78, 5) is 11.9. The second-order valence-electron chi connectivity index (χ2n) is 3.51. The number of hydrogen-bond donors (Lipinski definition) is 2. The first kappa shape index (κ1) is 11.9. The highest BCUT2D eigenvalue weighted by atomic mass is 16.3. The number of rotatable bonds is 4. The Morgan fingerprint density at radius 3 is 2.83 bits per heavy atom. The van der Waals surface area contributed by atoms with Crippen LogP contribution in [0.3, 0.4) is 0 Å². The zero-order valence-corrected chi connectivity index (χ0v) is 9.88. The van der Waals surface area contributed by atoms with Gasteiger partial charge in [0.15, 0.2) is 0 Å². The highest BCUT2D eigenvalue weighted by Crippen LogP contribution is 2.13. The molecule has 0 saturated carbocycles. The Labute approximate surface area is 105 Å². The van der Waals surface area contributed by atoms with Gasteiger partial charge in [0.05, 0.1) is 18.0 Å². The molecule has 92 valence electrons. The molecule has 1 aromatic carbocycles. The van der Waals surface area contributed by atoms with E-state index in [0.29, 0.717) is 11.3 Å². The Hall–Kier alpha value is -2.56. The molecule has 0 aliphatic rings. The Morgan fingerprint density at radius 1 is 1.28 bits per heavy atom. The molecule has 0 saturated heterocycles. The van der Waals surface area contributed by atoms with E-state index < -0.39 is 0 Å². The van der Waals surface area contributed by atoms with Crippen LogP contribution in [0.1, 0.15) is 16.1 Å². The Morgan fingerprint density at radius 2 is 2.11 bits per heavy atom. The minimum atomic E-state index is -0.275. The van der Waals surface area contributed by atoms with Gasteiger partial charge in [0.2, 0.25) is 0 Å². The fraction of sp³-hybridized carbons (Fsp3) is 0.0769. The van der Waals surface area contributed by atoms with Crippen LogP contribution < -0.4 is 10.7 Å². The van der Waals surface area contributed by atoms with Crippen LogP contribution in [0.25, 0.3) is 0 Å². The number of anilines is 1. The van der Waals surface area contributed by atoms with Crippen LogP contribution in [0.5, 0.6) is 0 Å². The third-order valence-electron chi connectivity index (χ3n) is 2.34. The molecule has 0 unspecified atom stereocenters. The molecule has 2 rings (SSSR count). The quantitative estimate of drug-likeness (QED) is 0.638. The first-order valence-electron chi connectivity index (χ1n) is 5.45. The van der Waals surface area contributed by atoms with Crippen LogP contribution in [-0.2, 0) is 0 Å². The van der Waals surface area contributed by atoms with E-state index in [-0.39, 0.29) is 5.91 Å². The number of carbonyl (C=O) groups is 1. The normalized spacial score (nSPS) is 10.5. The predicted octanol–water partition coefficient (Wildman–Crippen LogP) is 2.09. The van der Waals surface area contributed by atoms with Crippen molar-refractivity contribution in [1.29, 1.82) is 0 Å². The van der Waals surface area contributed by atoms with Crippen molar-refractivity contribution in [1.82, 2.24) is 5.43 Å². The number of hydrazone groups is 1. The standard InChI is InChI=1S/C13H13N3O2/c1-14-12-7-3-2-6-11(12)13(17)16-15-9-10-5-4-8-18-10/h2-9,14H,1H3,(H,16,17)/b15-9+. The Balaban J connectivity index is 2.04. The molecule has 5 heteroatoms. The van der Waals surface area contributed by atoms with E-state index >= 15 is 0 Å². The summed E-state index contributed by atoms with van der Waals surface area (Å²) in [5.41, 5.74) is 3.73. The van der Waals surface area contributed by atoms with Gasteiger partial charge < -0.3 is 9.73 Å². The summed E-state index contributed by atoms with van der Waals surface area (Å²) in [6.07, 6.45) is 2.99. The molecule has 2 N–H and O–H groups in total. The van der Waals surface area contributed by atoms with Gasteiger partial charge in [-0.1, -0.05) is 12.1 Å². The lowest BCUT2D eigenvalue weighted by Crippen LogP contribution is -2.18. The molecular weight excluding hydrogens is 230 g/mol. The summed E-state index contributed by atoms with van der Waals surface area (Å²) in [6, 6.07) is 10.7. The molecule has 18 heavy (non-hydrogen) atoms. The van der Waals surface area contributed by atoms with Crippen molar-refractivity contribution in [3.05, 3.63) is 54.0 Å². The molecule has 0 atom stereocenters. The van der Waals surface area contributed by atoms with Crippen LogP contribution >= 0.6 is 0 Å². The van der Waals surface area contributed by atoms with E-state index in [1.54, 1.807) is 37.6 Å². The minimum Gasteiger partial charge on any atom is -0.463 e. The van der Waals surface area contributed by atoms with Gasteiger partial charge in [-0.3, -0.25) is 4.79 Å². The van der Waals surface area contributed by atoms with Crippen molar-refractivity contribution in [2.45, 2.75) is 0 Å². The van der Waals surface area contributed by atoms with Gasteiger partial charge >= 0.3 is 0 Å². The summed E-state index contributed by atoms with van der Waals surface area (Å²) in [6.45, 7) is 0. The lowest BCUT2D eigenvalue weighted by Gasteiger charge is -2.06. The molecule has 1 aromatic heterocycles. The maximum Gasteiger partial charge on any atom is 0.273 e. The first-order chi connectivity index (χ1) is 8.81. The fourth-order valence-corrected chi connectivity index (χ4v) is 1.48. The van der Waals surface area contributed by atoms with Crippen LogP contribution in [0, 0.1) is 0 Å². The second-order valence-corrected chi connectivity index (χ2v) is 3.51. The number of benzene rings is 1. The van der Waals surface area contributed by atoms with Crippen molar-refractivity contribution in [2.24, 2.45) is 5.10 Å². The fourth-order valence-electron chi connectivity index (χ4n) is 1.48. The molecule has 0 spiro atoms. The average Bonchev–Trinajstić information content (AvgIpc) is 2.91. The van der Waals surface area contributed by atoms with Gasteiger partial charge in [0, 0.05) is 12.7 Å². The number of carbonyl (C=O) groups excluding carboxylic acids is 1. The monoisotopic (exact) mass is 243 g/mol. The van der Waals surface area contributed by atoms with Crippen molar-refractivity contribution in [3.63, 3.8) is 0 Å². The zero-order valence-electron chi connectivity index (χ0n) is 9.88. The number of nitrogens with one attached hydrogen (secondary N) is 2. The lowest BCUT2D eigenvalue weighted by atomic mass is 10.1. The third kappa shape index (κ3) is 2.76. The van der Waals surface area contributed by atoms with Crippen LogP contribution in [0.2, 0.25) is 0 Å². The third-order valence-corrected chi connectivity index (χ3v) is 2.34. The van der Waals surface area contributed by atoms with Gasteiger partial charge in [-0.25, -0.2) is 5.43 Å². The SMILES string of the molecule is CNc1ccccc1C(=O)N/N=C/c1ccco1. The summed E-state index contributed by atoms with van der Waals surface area (Å²) in [7, 11) is 1.76. The average molecular weight is 243 g/mol. The zero-order chi connectivity index (χ0) is 12.8. The van der Waals surface area contributed by atoms with Gasteiger partial charge in [0.25, 0.3) is 5.91 Å². The molecule has 1 amide bonds. The summed E-state index contributed by atoms with van der Waals surface area (Å²) >= 11 is 0. The highest BCUT2D eigenvalue weighted by Gasteiger charge is 2.08. The lowest BCUT2D eigenvalue weighted by molar-refractivity contribution is 0.0956. The maximum absolute atomic E-state index is 11.9. The molecule has 5 nitrogen and oxygen atoms in total. The van der Waals surface area contributed by atoms with Gasteiger partial charge in [-0.2, -0.15) is 5.10 Å². The van der Waals surface area contributed by atoms with E-state index in [9.17, 15) is 4.79 Å². The highest BCUT2D eigenvalue weighted by molar-refractivity contribution is 5.99. The minimum absolute atomic E-state index is 0.275. The van der Waals surface area contributed by atoms with Gasteiger partial charge in [0.1, 0.15) is 5.76 Å². The number of furan rings is 1. The molecule has 1 heterocycles. The Bertz CT molecular complexity index is 547. The molecule has 0 aliphatic carbocycles. The van der Waals surface area contributed by atoms with Gasteiger partial charge in [-0.15, -0.1) is 0 Å². The molecule has 0 aliphatic heterocycles. The number of amides is 1. The van der Waals surface area contributed by atoms with E-state index in [1.165, 1.54) is 6.21 Å². The van der Waals surface area contributed by atoms with Crippen LogP contribution in [-0.4, -0.2) is 19.2 Å². The summed E-state index contributed by atoms with van der Waals surface area (Å²) in [5, 5.41) is 6.77. The summed E-state index contributed by atoms with van der Waals surface area (Å²) in [5.74, 6) is 0.306. The number of hydrogen-bond acceptors (Lipinski definition) is 4. The molecule has 0 radical (unpaired) electrons. The molecular formula is C13H13N3O2. The largest absolute Gasteiger partial charge is 0.463 e. The topological polar surface area (TPSA) is 66.6 Å². The second kappa shape index (κ2) is 5.67. The van der Waals surface area contributed by atoms with E-state index in [4.69, 9.17) is 4.42 Å². The predicted molar refractivity (Wildman–Crippen MR) is 69.8 cm³/mol. The van der Waals surface area contributed by atoms with Crippen molar-refractivity contribution >= 4 is 17.8 Å². The van der Waals surface area contributed by atoms with E-state index in [0.717, 1.165) is 5.69 Å². The van der Waals surface area contributed by atoms with Crippen molar-refractivity contribution in [3.8, 4) is 0 Å². The van der Waals surface area contributed by atoms with Gasteiger partial charge in [-0.05, 0) is 24.3 Å². The van der Waals surface area contributed by atoms with Crippen molar-refractivity contribution in [2.75, 3.05) is 12.4 Å². The van der Waals surface area contributed by atoms with Crippen molar-refractivity contribution < 1.29 is 9.21 Å². The van der Waals surface area contributed by atoms with E-state index in [2.05, 4.69) is 15.8 Å². The maximum atomic E-state index is 11.9. The smallest absolute Gasteiger partial charge is 0.273 e. The molecule has 0 bridgehead atoms. The van der Waals surface area contributed by atoms with Crippen LogP contribution in [0.4, 0.5) is 5.69 Å². The number of para-hydroxylation sites is 1. The molecule has 2 aromatic rings. The van der Waals surface area contributed by atoms with Crippen LogP contribution in [0.15, 0.2) is 52.2 Å². The van der Waals surface area contributed by atoms with E-state index in [1.807, 2.05) is 12.1 Å². The summed E-state index contributed by atoms with van der Waals surface area (Å²) < 4.78 is 5.05. The Kier molecular flexibility index (Phi) is 3.76.